The highest BCUT2D eigenvalue weighted by atomic mass is 79.9. The molecule has 0 saturated carbocycles. The van der Waals surface area contributed by atoms with E-state index in [9.17, 15) is 9.90 Å². The smallest absolute Gasteiger partial charge is 0.410 e. The number of benzene rings is 1. The van der Waals surface area contributed by atoms with Crippen molar-refractivity contribution in [2.75, 3.05) is 6.61 Å². The average molecular weight is 359 g/mol. The molecule has 5 nitrogen and oxygen atoms in total. The van der Waals surface area contributed by atoms with Crippen LogP contribution in [0, 0.1) is 0 Å². The normalized spacial score (nSPS) is 25.9. The molecule has 0 saturated heterocycles. The van der Waals surface area contributed by atoms with Crippen LogP contribution in [0.1, 0.15) is 18.9 Å². The van der Waals surface area contributed by atoms with E-state index >= 15 is 0 Å². The molecule has 3 N–H and O–H groups in total. The van der Waals surface area contributed by atoms with Crippen LogP contribution < -0.4 is 5.32 Å². The largest absolute Gasteiger partial charge is 0.465 e. The van der Waals surface area contributed by atoms with Crippen LogP contribution in [0.3, 0.4) is 0 Å². The first-order valence-electron chi connectivity index (χ1n) is 6.06. The van der Waals surface area contributed by atoms with E-state index in [-0.39, 0.29) is 11.9 Å². The number of amidine groups is 1. The lowest BCUT2D eigenvalue weighted by Crippen LogP contribution is -2.38. The molecular weight excluding hydrogens is 344 g/mol. The van der Waals surface area contributed by atoms with Crippen molar-refractivity contribution in [1.29, 1.82) is 0 Å². The molecule has 1 amide bonds. The molecular formula is C13H15BrN2O3S. The fraction of sp³-hybridized carbons (Fsp3) is 0.385. The quantitative estimate of drug-likeness (QED) is 0.759. The van der Waals surface area contributed by atoms with Gasteiger partial charge in [0.1, 0.15) is 0 Å². The monoisotopic (exact) mass is 358 g/mol. The third-order valence-corrected chi connectivity index (χ3v) is 4.67. The third kappa shape index (κ3) is 3.53. The Hall–Kier alpha value is -1.05. The first-order valence-corrected chi connectivity index (χ1v) is 7.73. The SMILES string of the molecule is C[C@@]1(c2cccc(Br)c2)C[C@@H](CO)SC(NC(=O)O)=N1. The number of amides is 1. The maximum Gasteiger partial charge on any atom is 0.410 e. The predicted octanol–water partition coefficient (Wildman–Crippen LogP) is 2.79. The van der Waals surface area contributed by atoms with Crippen molar-refractivity contribution in [3.63, 3.8) is 0 Å². The van der Waals surface area contributed by atoms with Crippen LogP contribution in [0.25, 0.3) is 0 Å². The number of rotatable bonds is 2. The number of nitrogens with zero attached hydrogens (tertiary/aromatic N) is 1. The van der Waals surface area contributed by atoms with Crippen LogP contribution in [0.2, 0.25) is 0 Å². The number of carboxylic acid groups (broad SMARTS) is 1. The predicted molar refractivity (Wildman–Crippen MR) is 83.2 cm³/mol. The van der Waals surface area contributed by atoms with Crippen molar-refractivity contribution in [1.82, 2.24) is 5.32 Å². The fourth-order valence-corrected chi connectivity index (χ4v) is 3.79. The van der Waals surface area contributed by atoms with Gasteiger partial charge in [0.15, 0.2) is 5.17 Å². The summed E-state index contributed by atoms with van der Waals surface area (Å²) in [6.07, 6.45) is -0.499. The number of aliphatic hydroxyl groups is 1. The van der Waals surface area contributed by atoms with Gasteiger partial charge in [-0.2, -0.15) is 0 Å². The second-order valence-electron chi connectivity index (χ2n) is 4.76. The van der Waals surface area contributed by atoms with Crippen LogP contribution in [-0.4, -0.2) is 33.3 Å². The van der Waals surface area contributed by atoms with Gasteiger partial charge in [0.05, 0.1) is 12.1 Å². The number of hydrogen-bond donors (Lipinski definition) is 3. The average Bonchev–Trinajstić information content (AvgIpc) is 2.37. The summed E-state index contributed by atoms with van der Waals surface area (Å²) in [6, 6.07) is 7.76. The summed E-state index contributed by atoms with van der Waals surface area (Å²) in [5.41, 5.74) is 0.426. The van der Waals surface area contributed by atoms with Crippen LogP contribution >= 0.6 is 27.7 Å². The van der Waals surface area contributed by atoms with Crippen molar-refractivity contribution in [2.45, 2.75) is 24.1 Å². The number of aliphatic imine (C=N–C) groups is 1. The molecule has 1 aliphatic rings. The Bertz CT molecular complexity index is 552. The van der Waals surface area contributed by atoms with E-state index in [1.165, 1.54) is 11.8 Å². The van der Waals surface area contributed by atoms with Gasteiger partial charge in [0, 0.05) is 9.72 Å². The van der Waals surface area contributed by atoms with Crippen LogP contribution in [0.15, 0.2) is 33.7 Å². The Morgan fingerprint density at radius 3 is 3.00 bits per heavy atom. The number of nitrogens with one attached hydrogen (secondary N) is 1. The molecule has 0 radical (unpaired) electrons. The van der Waals surface area contributed by atoms with Crippen molar-refractivity contribution >= 4 is 39.0 Å². The van der Waals surface area contributed by atoms with Crippen LogP contribution in [0.4, 0.5) is 4.79 Å². The van der Waals surface area contributed by atoms with Crippen molar-refractivity contribution in [3.05, 3.63) is 34.3 Å². The second-order valence-corrected chi connectivity index (χ2v) is 6.96. The van der Waals surface area contributed by atoms with E-state index < -0.39 is 11.6 Å². The Morgan fingerprint density at radius 1 is 1.65 bits per heavy atom. The number of thioether (sulfide) groups is 1. The summed E-state index contributed by atoms with van der Waals surface area (Å²) in [4.78, 5) is 15.3. The zero-order valence-electron chi connectivity index (χ0n) is 10.8. The van der Waals surface area contributed by atoms with Crippen molar-refractivity contribution in [3.8, 4) is 0 Å². The molecule has 2 rings (SSSR count). The molecule has 2 atom stereocenters. The summed E-state index contributed by atoms with van der Waals surface area (Å²) in [5, 5.41) is 20.8. The number of carbonyl (C=O) groups is 1. The second kappa shape index (κ2) is 6.15. The maximum absolute atomic E-state index is 10.8. The molecule has 20 heavy (non-hydrogen) atoms. The molecule has 0 aromatic heterocycles. The van der Waals surface area contributed by atoms with Crippen LogP contribution in [0.5, 0.6) is 0 Å². The Kier molecular flexibility index (Phi) is 4.72. The van der Waals surface area contributed by atoms with Gasteiger partial charge in [-0.25, -0.2) is 4.79 Å². The highest BCUT2D eigenvalue weighted by Crippen LogP contribution is 2.39. The molecule has 1 heterocycles. The minimum absolute atomic E-state index is 0.0193. The van der Waals surface area contributed by atoms with Gasteiger partial charge in [-0.3, -0.25) is 10.3 Å². The van der Waals surface area contributed by atoms with Gasteiger partial charge in [-0.15, -0.1) is 0 Å². The summed E-state index contributed by atoms with van der Waals surface area (Å²) in [7, 11) is 0. The minimum Gasteiger partial charge on any atom is -0.465 e. The molecule has 1 aromatic carbocycles. The molecule has 0 spiro atoms. The van der Waals surface area contributed by atoms with Gasteiger partial charge >= 0.3 is 6.09 Å². The fourth-order valence-electron chi connectivity index (χ4n) is 2.20. The minimum atomic E-state index is -1.15. The number of aliphatic hydroxyl groups excluding tert-OH is 1. The number of hydrogen-bond acceptors (Lipinski definition) is 4. The Morgan fingerprint density at radius 2 is 2.40 bits per heavy atom. The summed E-state index contributed by atoms with van der Waals surface area (Å²) >= 11 is 4.69. The first-order chi connectivity index (χ1) is 9.43. The molecule has 1 aromatic rings. The van der Waals surface area contributed by atoms with E-state index in [0.717, 1.165) is 10.0 Å². The summed E-state index contributed by atoms with van der Waals surface area (Å²) < 4.78 is 0.943. The lowest BCUT2D eigenvalue weighted by Gasteiger charge is -2.34. The van der Waals surface area contributed by atoms with Gasteiger partial charge in [-0.05, 0) is 31.0 Å². The lowest BCUT2D eigenvalue weighted by molar-refractivity contribution is 0.200. The Balaban J connectivity index is 2.38. The highest BCUT2D eigenvalue weighted by molar-refractivity contribution is 9.10. The molecule has 7 heteroatoms. The third-order valence-electron chi connectivity index (χ3n) is 3.12. The van der Waals surface area contributed by atoms with Crippen LogP contribution in [-0.2, 0) is 5.54 Å². The highest BCUT2D eigenvalue weighted by Gasteiger charge is 2.35. The van der Waals surface area contributed by atoms with Gasteiger partial charge in [0.25, 0.3) is 0 Å². The van der Waals surface area contributed by atoms with Crippen molar-refractivity contribution < 1.29 is 15.0 Å². The topological polar surface area (TPSA) is 81.9 Å². The first kappa shape index (κ1) is 15.3. The van der Waals surface area contributed by atoms with E-state index in [0.29, 0.717) is 11.6 Å². The van der Waals surface area contributed by atoms with E-state index in [1.54, 1.807) is 0 Å². The molecule has 0 unspecified atom stereocenters. The van der Waals surface area contributed by atoms with Gasteiger partial charge < -0.3 is 10.2 Å². The van der Waals surface area contributed by atoms with Gasteiger partial charge in [0.2, 0.25) is 0 Å². The molecule has 108 valence electrons. The maximum atomic E-state index is 10.8. The lowest BCUT2D eigenvalue weighted by atomic mass is 9.88. The zero-order chi connectivity index (χ0) is 14.8. The summed E-state index contributed by atoms with van der Waals surface area (Å²) in [5.74, 6) is 0. The van der Waals surface area contributed by atoms with Crippen molar-refractivity contribution in [2.24, 2.45) is 4.99 Å². The Labute approximate surface area is 129 Å². The molecule has 1 aliphatic heterocycles. The molecule has 0 aliphatic carbocycles. The molecule has 0 bridgehead atoms. The molecule has 0 fully saturated rings. The van der Waals surface area contributed by atoms with E-state index in [2.05, 4.69) is 26.2 Å². The van der Waals surface area contributed by atoms with E-state index in [4.69, 9.17) is 5.11 Å². The standard InChI is InChI=1S/C13H15BrN2O3S/c1-13(8-3-2-4-9(14)5-8)6-10(7-17)20-11(16-13)15-12(18)19/h2-5,10,17H,6-7H2,1H3,(H,15,16)(H,18,19)/t10-,13-/m0/s1. The van der Waals surface area contributed by atoms with Gasteiger partial charge in [-0.1, -0.05) is 39.8 Å². The van der Waals surface area contributed by atoms with E-state index in [1.807, 2.05) is 31.2 Å². The summed E-state index contributed by atoms with van der Waals surface area (Å²) in [6.45, 7) is 1.93. The number of halogens is 1. The zero-order valence-corrected chi connectivity index (χ0v) is 13.2.